The van der Waals surface area contributed by atoms with Gasteiger partial charge in [-0.1, -0.05) is 60.2 Å². The second kappa shape index (κ2) is 6.80. The van der Waals surface area contributed by atoms with Crippen molar-refractivity contribution < 1.29 is 5.11 Å². The van der Waals surface area contributed by atoms with Gasteiger partial charge in [-0.25, -0.2) is 4.98 Å². The third kappa shape index (κ3) is 3.51. The van der Waals surface area contributed by atoms with Crippen molar-refractivity contribution in [3.63, 3.8) is 0 Å². The standard InChI is InChI=1S/C20H22N2O/c1-15-8-10-17(11-9-15)18(16-6-4-3-5-7-16)14-19(23)20-21-12-13-22(20)2/h3-13,18-19,23H,14H2,1-2H3. The van der Waals surface area contributed by atoms with Crippen LogP contribution in [0.3, 0.4) is 0 Å². The summed E-state index contributed by atoms with van der Waals surface area (Å²) < 4.78 is 1.88. The van der Waals surface area contributed by atoms with E-state index >= 15 is 0 Å². The number of aliphatic hydroxyl groups excluding tert-OH is 1. The second-order valence-corrected chi connectivity index (χ2v) is 6.02. The van der Waals surface area contributed by atoms with Gasteiger partial charge >= 0.3 is 0 Å². The van der Waals surface area contributed by atoms with Crippen LogP contribution in [-0.4, -0.2) is 14.7 Å². The molecule has 0 bridgehead atoms. The number of aliphatic hydroxyl groups is 1. The zero-order chi connectivity index (χ0) is 16.2. The minimum absolute atomic E-state index is 0.142. The van der Waals surface area contributed by atoms with Crippen LogP contribution < -0.4 is 0 Å². The molecule has 0 aliphatic rings. The molecule has 3 aromatic rings. The Hall–Kier alpha value is -2.39. The quantitative estimate of drug-likeness (QED) is 0.774. The lowest BCUT2D eigenvalue weighted by Crippen LogP contribution is -2.11. The van der Waals surface area contributed by atoms with Crippen molar-refractivity contribution in [2.75, 3.05) is 0 Å². The molecule has 1 aromatic heterocycles. The fraction of sp³-hybridized carbons (Fsp3) is 0.250. The Bertz CT molecular complexity index is 747. The van der Waals surface area contributed by atoms with Crippen LogP contribution in [0.4, 0.5) is 0 Å². The predicted octanol–water partition coefficient (Wildman–Crippen LogP) is 3.98. The van der Waals surface area contributed by atoms with Crippen LogP contribution in [-0.2, 0) is 7.05 Å². The molecule has 0 aliphatic heterocycles. The van der Waals surface area contributed by atoms with Gasteiger partial charge in [-0.3, -0.25) is 0 Å². The molecule has 0 spiro atoms. The number of nitrogens with zero attached hydrogens (tertiary/aromatic N) is 2. The van der Waals surface area contributed by atoms with E-state index in [9.17, 15) is 5.11 Å². The normalized spacial score (nSPS) is 13.7. The van der Waals surface area contributed by atoms with Crippen molar-refractivity contribution >= 4 is 0 Å². The zero-order valence-electron chi connectivity index (χ0n) is 13.6. The van der Waals surface area contributed by atoms with Gasteiger partial charge in [0.25, 0.3) is 0 Å². The molecule has 0 amide bonds. The number of hydrogen-bond donors (Lipinski definition) is 1. The monoisotopic (exact) mass is 306 g/mol. The highest BCUT2D eigenvalue weighted by Crippen LogP contribution is 2.33. The first-order valence-electron chi connectivity index (χ1n) is 7.92. The average Bonchev–Trinajstić information content (AvgIpc) is 3.00. The van der Waals surface area contributed by atoms with Crippen LogP contribution in [0.2, 0.25) is 0 Å². The van der Waals surface area contributed by atoms with Gasteiger partial charge in [0.05, 0.1) is 0 Å². The SMILES string of the molecule is Cc1ccc(C(CC(O)c2nccn2C)c2ccccc2)cc1. The third-order valence-electron chi connectivity index (χ3n) is 4.30. The van der Waals surface area contributed by atoms with Crippen LogP contribution in [0.15, 0.2) is 67.0 Å². The van der Waals surface area contributed by atoms with Gasteiger partial charge in [0, 0.05) is 25.4 Å². The Kier molecular flexibility index (Phi) is 4.58. The summed E-state index contributed by atoms with van der Waals surface area (Å²) in [6.45, 7) is 2.09. The number of aromatic nitrogens is 2. The lowest BCUT2D eigenvalue weighted by molar-refractivity contribution is 0.149. The van der Waals surface area contributed by atoms with Crippen LogP contribution >= 0.6 is 0 Å². The number of imidazole rings is 1. The molecular weight excluding hydrogens is 284 g/mol. The summed E-state index contributed by atoms with van der Waals surface area (Å²) in [4.78, 5) is 4.28. The van der Waals surface area contributed by atoms with Crippen molar-refractivity contribution in [1.29, 1.82) is 0 Å². The number of aryl methyl sites for hydroxylation is 2. The van der Waals surface area contributed by atoms with Crippen molar-refractivity contribution in [2.45, 2.75) is 25.4 Å². The molecule has 0 fully saturated rings. The molecule has 0 radical (unpaired) electrons. The molecule has 1 N–H and O–H groups in total. The molecule has 118 valence electrons. The molecule has 3 nitrogen and oxygen atoms in total. The van der Waals surface area contributed by atoms with E-state index in [4.69, 9.17) is 0 Å². The van der Waals surface area contributed by atoms with E-state index in [1.165, 1.54) is 16.7 Å². The Morgan fingerprint density at radius 3 is 2.26 bits per heavy atom. The molecule has 3 rings (SSSR count). The Labute approximate surface area is 137 Å². The van der Waals surface area contributed by atoms with E-state index in [1.54, 1.807) is 6.20 Å². The van der Waals surface area contributed by atoms with Gasteiger partial charge < -0.3 is 9.67 Å². The Balaban J connectivity index is 1.92. The molecule has 0 saturated carbocycles. The minimum atomic E-state index is -0.596. The van der Waals surface area contributed by atoms with E-state index in [0.29, 0.717) is 12.2 Å². The molecule has 0 saturated heterocycles. The van der Waals surface area contributed by atoms with E-state index in [0.717, 1.165) is 0 Å². The van der Waals surface area contributed by atoms with Crippen molar-refractivity contribution in [2.24, 2.45) is 7.05 Å². The summed E-state index contributed by atoms with van der Waals surface area (Å²) in [5.41, 5.74) is 3.67. The molecule has 2 aromatic carbocycles. The summed E-state index contributed by atoms with van der Waals surface area (Å²) in [6.07, 6.45) is 3.60. The molecule has 2 unspecified atom stereocenters. The summed E-state index contributed by atoms with van der Waals surface area (Å²) in [5, 5.41) is 10.7. The Morgan fingerprint density at radius 1 is 1.00 bits per heavy atom. The van der Waals surface area contributed by atoms with Gasteiger partial charge in [-0.05, 0) is 24.5 Å². The maximum atomic E-state index is 10.7. The predicted molar refractivity (Wildman–Crippen MR) is 92.2 cm³/mol. The Morgan fingerprint density at radius 2 is 1.65 bits per heavy atom. The lowest BCUT2D eigenvalue weighted by atomic mass is 9.86. The summed E-state index contributed by atoms with van der Waals surface area (Å²) in [6, 6.07) is 18.9. The topological polar surface area (TPSA) is 38.1 Å². The maximum absolute atomic E-state index is 10.7. The lowest BCUT2D eigenvalue weighted by Gasteiger charge is -2.21. The van der Waals surface area contributed by atoms with Crippen molar-refractivity contribution in [3.05, 3.63) is 89.5 Å². The largest absolute Gasteiger partial charge is 0.385 e. The van der Waals surface area contributed by atoms with Crippen molar-refractivity contribution in [3.8, 4) is 0 Å². The summed E-state index contributed by atoms with van der Waals surface area (Å²) >= 11 is 0. The number of rotatable bonds is 5. The molecule has 0 aliphatic carbocycles. The highest BCUT2D eigenvalue weighted by Gasteiger charge is 2.21. The minimum Gasteiger partial charge on any atom is -0.385 e. The smallest absolute Gasteiger partial charge is 0.137 e. The van der Waals surface area contributed by atoms with Crippen LogP contribution in [0, 0.1) is 6.92 Å². The fourth-order valence-electron chi connectivity index (χ4n) is 2.98. The van der Waals surface area contributed by atoms with Gasteiger partial charge in [0.2, 0.25) is 0 Å². The summed E-state index contributed by atoms with van der Waals surface area (Å²) in [5.74, 6) is 0.849. The van der Waals surface area contributed by atoms with E-state index in [-0.39, 0.29) is 5.92 Å². The molecule has 1 heterocycles. The number of benzene rings is 2. The molecule has 23 heavy (non-hydrogen) atoms. The third-order valence-corrected chi connectivity index (χ3v) is 4.30. The first-order chi connectivity index (χ1) is 11.1. The van der Waals surface area contributed by atoms with Gasteiger partial charge in [0.1, 0.15) is 11.9 Å². The summed E-state index contributed by atoms with van der Waals surface area (Å²) in [7, 11) is 1.91. The van der Waals surface area contributed by atoms with Crippen LogP contribution in [0.25, 0.3) is 0 Å². The first-order valence-corrected chi connectivity index (χ1v) is 7.92. The van der Waals surface area contributed by atoms with Crippen molar-refractivity contribution in [1.82, 2.24) is 9.55 Å². The maximum Gasteiger partial charge on any atom is 0.137 e. The van der Waals surface area contributed by atoms with E-state index < -0.39 is 6.10 Å². The second-order valence-electron chi connectivity index (χ2n) is 6.02. The fourth-order valence-corrected chi connectivity index (χ4v) is 2.98. The molecule has 2 atom stereocenters. The molecule has 3 heteroatoms. The van der Waals surface area contributed by atoms with Crippen LogP contribution in [0.5, 0.6) is 0 Å². The molecular formula is C20H22N2O. The van der Waals surface area contributed by atoms with Gasteiger partial charge in [-0.15, -0.1) is 0 Å². The van der Waals surface area contributed by atoms with Gasteiger partial charge in [-0.2, -0.15) is 0 Å². The number of hydrogen-bond acceptors (Lipinski definition) is 2. The highest BCUT2D eigenvalue weighted by atomic mass is 16.3. The highest BCUT2D eigenvalue weighted by molar-refractivity contribution is 5.34. The zero-order valence-corrected chi connectivity index (χ0v) is 13.6. The average molecular weight is 306 g/mol. The van der Waals surface area contributed by atoms with E-state index in [1.807, 2.05) is 36.0 Å². The van der Waals surface area contributed by atoms with Crippen LogP contribution in [0.1, 0.15) is 41.0 Å². The van der Waals surface area contributed by atoms with Gasteiger partial charge in [0.15, 0.2) is 0 Å². The first kappa shape index (κ1) is 15.5. The van der Waals surface area contributed by atoms with E-state index in [2.05, 4.69) is 48.3 Å².